The van der Waals surface area contributed by atoms with Crippen molar-refractivity contribution < 1.29 is 9.53 Å². The van der Waals surface area contributed by atoms with E-state index in [0.717, 1.165) is 17.0 Å². The zero-order valence-electron chi connectivity index (χ0n) is 10.5. The fourth-order valence-corrected chi connectivity index (χ4v) is 1.85. The van der Waals surface area contributed by atoms with Gasteiger partial charge in [0.05, 0.1) is 13.5 Å². The number of hydrogen-bond donors (Lipinski definition) is 1. The SMILES string of the molecule is COC1=CC(Nc2ccccc2)=C(C)CC1=[N+]=[N-]. The lowest BCUT2D eigenvalue weighted by atomic mass is 10.00. The molecule has 1 N–H and O–H groups in total. The molecule has 0 amide bonds. The number of para-hydroxylation sites is 1. The van der Waals surface area contributed by atoms with Gasteiger partial charge in [-0.2, -0.15) is 4.79 Å². The maximum atomic E-state index is 8.91. The van der Waals surface area contributed by atoms with E-state index in [2.05, 4.69) is 10.1 Å². The Bertz CT molecular complexity index is 552. The molecule has 0 saturated heterocycles. The van der Waals surface area contributed by atoms with Crippen LogP contribution in [0.1, 0.15) is 13.3 Å². The highest BCUT2D eigenvalue weighted by atomic mass is 16.5. The molecule has 1 aliphatic rings. The van der Waals surface area contributed by atoms with Crippen molar-refractivity contribution in [1.29, 1.82) is 0 Å². The highest BCUT2D eigenvalue weighted by Crippen LogP contribution is 2.23. The van der Waals surface area contributed by atoms with E-state index in [9.17, 15) is 0 Å². The summed E-state index contributed by atoms with van der Waals surface area (Å²) in [7, 11) is 1.57. The highest BCUT2D eigenvalue weighted by Gasteiger charge is 2.23. The van der Waals surface area contributed by atoms with Gasteiger partial charge >= 0.3 is 5.71 Å². The number of nitrogens with zero attached hydrogens (tertiary/aromatic N) is 2. The van der Waals surface area contributed by atoms with E-state index in [0.29, 0.717) is 17.9 Å². The van der Waals surface area contributed by atoms with Gasteiger partial charge in [0, 0.05) is 17.5 Å². The summed E-state index contributed by atoms with van der Waals surface area (Å²) in [6.07, 6.45) is 2.42. The molecule has 1 aromatic rings. The molecule has 0 aromatic heterocycles. The molecule has 18 heavy (non-hydrogen) atoms. The summed E-state index contributed by atoms with van der Waals surface area (Å²) in [6.45, 7) is 2.00. The molecule has 0 atom stereocenters. The van der Waals surface area contributed by atoms with Crippen LogP contribution in [0.5, 0.6) is 0 Å². The number of allylic oxidation sites excluding steroid dienone is 3. The maximum Gasteiger partial charge on any atom is 0.337 e. The van der Waals surface area contributed by atoms with Crippen molar-refractivity contribution >= 4 is 11.4 Å². The summed E-state index contributed by atoms with van der Waals surface area (Å²) in [4.78, 5) is 3.25. The van der Waals surface area contributed by atoms with E-state index in [4.69, 9.17) is 10.3 Å². The van der Waals surface area contributed by atoms with Crippen LogP contribution in [0.25, 0.3) is 5.53 Å². The monoisotopic (exact) mass is 241 g/mol. The Morgan fingerprint density at radius 2 is 2.00 bits per heavy atom. The zero-order chi connectivity index (χ0) is 13.0. The van der Waals surface area contributed by atoms with Crippen molar-refractivity contribution in [3.05, 3.63) is 59.0 Å². The average molecular weight is 241 g/mol. The Balaban J connectivity index is 2.29. The molecule has 1 aromatic carbocycles. The summed E-state index contributed by atoms with van der Waals surface area (Å²) in [6, 6.07) is 9.91. The fourth-order valence-electron chi connectivity index (χ4n) is 1.85. The average Bonchev–Trinajstić information content (AvgIpc) is 2.41. The predicted octanol–water partition coefficient (Wildman–Crippen LogP) is 2.98. The molecule has 0 radical (unpaired) electrons. The molecule has 92 valence electrons. The second-order valence-electron chi connectivity index (χ2n) is 4.12. The Morgan fingerprint density at radius 3 is 2.61 bits per heavy atom. The summed E-state index contributed by atoms with van der Waals surface area (Å²) >= 11 is 0. The van der Waals surface area contributed by atoms with Crippen molar-refractivity contribution in [2.24, 2.45) is 0 Å². The number of benzene rings is 1. The number of ether oxygens (including phenoxy) is 1. The summed E-state index contributed by atoms with van der Waals surface area (Å²) in [5.41, 5.74) is 12.6. The van der Waals surface area contributed by atoms with E-state index in [-0.39, 0.29) is 0 Å². The molecule has 1 aliphatic carbocycles. The van der Waals surface area contributed by atoms with Crippen LogP contribution in [-0.2, 0) is 4.74 Å². The summed E-state index contributed by atoms with van der Waals surface area (Å²) in [5, 5.41) is 3.33. The second kappa shape index (κ2) is 5.34. The Hall–Kier alpha value is -2.32. The lowest BCUT2D eigenvalue weighted by Gasteiger charge is -2.16. The van der Waals surface area contributed by atoms with E-state index < -0.39 is 0 Å². The van der Waals surface area contributed by atoms with Crippen LogP contribution in [0.3, 0.4) is 0 Å². The Kier molecular flexibility index (Phi) is 3.60. The molecule has 0 saturated carbocycles. The number of nitrogens with one attached hydrogen (secondary N) is 1. The first-order valence-electron chi connectivity index (χ1n) is 5.73. The van der Waals surface area contributed by atoms with Gasteiger partial charge in [-0.15, -0.1) is 0 Å². The van der Waals surface area contributed by atoms with Crippen LogP contribution >= 0.6 is 0 Å². The molecular formula is C14H15N3O. The number of hydrogen-bond acceptors (Lipinski definition) is 2. The van der Waals surface area contributed by atoms with Crippen molar-refractivity contribution in [2.75, 3.05) is 12.4 Å². The van der Waals surface area contributed by atoms with E-state index >= 15 is 0 Å². The van der Waals surface area contributed by atoms with Crippen LogP contribution in [0.2, 0.25) is 0 Å². The highest BCUT2D eigenvalue weighted by molar-refractivity contribution is 5.97. The standard InChI is InChI=1S/C14H15N3O/c1-10-8-13(17-15)14(18-2)9-12(10)16-11-6-4-3-5-7-11/h3-7,9,16H,8H2,1-2H3. The van der Waals surface area contributed by atoms with Gasteiger partial charge < -0.3 is 15.6 Å². The molecule has 0 spiro atoms. The Morgan fingerprint density at radius 1 is 1.28 bits per heavy atom. The van der Waals surface area contributed by atoms with Gasteiger partial charge in [-0.3, -0.25) is 0 Å². The van der Waals surface area contributed by atoms with Crippen molar-refractivity contribution in [3.63, 3.8) is 0 Å². The summed E-state index contributed by atoms with van der Waals surface area (Å²) < 4.78 is 5.21. The normalized spacial score (nSPS) is 15.0. The predicted molar refractivity (Wildman–Crippen MR) is 71.1 cm³/mol. The molecular weight excluding hydrogens is 226 g/mol. The molecule has 0 heterocycles. The minimum absolute atomic E-state index is 0.550. The molecule has 0 fully saturated rings. The van der Waals surface area contributed by atoms with Crippen molar-refractivity contribution in [1.82, 2.24) is 0 Å². The molecule has 4 heteroatoms. The molecule has 4 nitrogen and oxygen atoms in total. The fraction of sp³-hybridized carbons (Fsp3) is 0.214. The largest absolute Gasteiger partial charge is 0.490 e. The third-order valence-corrected chi connectivity index (χ3v) is 2.85. The second-order valence-corrected chi connectivity index (χ2v) is 4.12. The topological polar surface area (TPSA) is 57.7 Å². The van der Waals surface area contributed by atoms with E-state index in [1.54, 1.807) is 7.11 Å². The first-order chi connectivity index (χ1) is 8.74. The quantitative estimate of drug-likeness (QED) is 0.653. The molecule has 0 aliphatic heterocycles. The first-order valence-corrected chi connectivity index (χ1v) is 5.73. The van der Waals surface area contributed by atoms with Gasteiger partial charge in [-0.25, -0.2) is 0 Å². The van der Waals surface area contributed by atoms with Crippen LogP contribution in [0.4, 0.5) is 5.69 Å². The van der Waals surface area contributed by atoms with Crippen LogP contribution in [0, 0.1) is 0 Å². The van der Waals surface area contributed by atoms with Gasteiger partial charge in [0.1, 0.15) is 0 Å². The maximum absolute atomic E-state index is 8.91. The van der Waals surface area contributed by atoms with Crippen LogP contribution < -0.4 is 5.32 Å². The third kappa shape index (κ3) is 2.50. The molecule has 0 unspecified atom stereocenters. The van der Waals surface area contributed by atoms with Crippen LogP contribution in [-0.4, -0.2) is 17.6 Å². The number of anilines is 1. The van der Waals surface area contributed by atoms with Crippen molar-refractivity contribution in [2.45, 2.75) is 13.3 Å². The molecule has 0 bridgehead atoms. The minimum Gasteiger partial charge on any atom is -0.490 e. The summed E-state index contributed by atoms with van der Waals surface area (Å²) in [5.74, 6) is 0.585. The van der Waals surface area contributed by atoms with Gasteiger partial charge in [0.25, 0.3) is 0 Å². The lowest BCUT2D eigenvalue weighted by molar-refractivity contribution is -0.0111. The van der Waals surface area contributed by atoms with Gasteiger partial charge in [-0.1, -0.05) is 18.2 Å². The van der Waals surface area contributed by atoms with E-state index in [1.165, 1.54) is 0 Å². The lowest BCUT2D eigenvalue weighted by Crippen LogP contribution is -2.15. The van der Waals surface area contributed by atoms with Gasteiger partial charge in [-0.05, 0) is 24.6 Å². The third-order valence-electron chi connectivity index (χ3n) is 2.85. The number of rotatable bonds is 3. The van der Waals surface area contributed by atoms with Gasteiger partial charge in [0.2, 0.25) is 5.76 Å². The van der Waals surface area contributed by atoms with Crippen LogP contribution in [0.15, 0.2) is 53.4 Å². The molecule has 2 rings (SSSR count). The minimum atomic E-state index is 0.550. The number of methoxy groups -OCH3 is 1. The zero-order valence-corrected chi connectivity index (χ0v) is 10.5. The first kappa shape index (κ1) is 12.1. The van der Waals surface area contributed by atoms with Crippen molar-refractivity contribution in [3.8, 4) is 0 Å². The van der Waals surface area contributed by atoms with E-state index in [1.807, 2.05) is 43.3 Å². The van der Waals surface area contributed by atoms with Gasteiger partial charge in [0.15, 0.2) is 0 Å². The smallest absolute Gasteiger partial charge is 0.337 e. The Labute approximate surface area is 106 Å².